The normalized spacial score (nSPS) is 12.8. The Morgan fingerprint density at radius 2 is 2.00 bits per heavy atom. The first-order chi connectivity index (χ1) is 9.78. The van der Waals surface area contributed by atoms with E-state index in [1.807, 2.05) is 30.3 Å². The fourth-order valence-electron chi connectivity index (χ4n) is 2.42. The molecule has 0 aromatic heterocycles. The van der Waals surface area contributed by atoms with Gasteiger partial charge in [0.15, 0.2) is 5.78 Å². The number of nitrogens with zero attached hydrogens (tertiary/aromatic N) is 1. The van der Waals surface area contributed by atoms with Crippen molar-refractivity contribution in [1.29, 1.82) is 5.26 Å². The molecule has 0 amide bonds. The first-order valence-electron chi connectivity index (χ1n) is 6.55. The average molecular weight is 263 g/mol. The minimum Gasteiger partial charge on any atom is -0.489 e. The minimum atomic E-state index is 0.183. The lowest BCUT2D eigenvalue weighted by atomic mass is 10.1. The monoisotopic (exact) mass is 263 g/mol. The molecule has 0 saturated carbocycles. The fourth-order valence-corrected chi connectivity index (χ4v) is 2.42. The Bertz CT molecular complexity index is 713. The third kappa shape index (κ3) is 2.28. The highest BCUT2D eigenvalue weighted by Gasteiger charge is 2.19. The molecule has 0 heterocycles. The van der Waals surface area contributed by atoms with Gasteiger partial charge < -0.3 is 4.74 Å². The number of aryl methyl sites for hydroxylation is 1. The van der Waals surface area contributed by atoms with Gasteiger partial charge in [0.1, 0.15) is 12.4 Å². The minimum absolute atomic E-state index is 0.183. The van der Waals surface area contributed by atoms with E-state index < -0.39 is 0 Å². The number of fused-ring (bicyclic) bond motifs is 1. The van der Waals surface area contributed by atoms with E-state index in [0.29, 0.717) is 24.3 Å². The van der Waals surface area contributed by atoms with Crippen LogP contribution in [0.15, 0.2) is 42.5 Å². The molecule has 0 saturated heterocycles. The summed E-state index contributed by atoms with van der Waals surface area (Å²) in [5.74, 6) is 0.856. The van der Waals surface area contributed by atoms with Crippen LogP contribution in [0.2, 0.25) is 0 Å². The largest absolute Gasteiger partial charge is 0.489 e. The van der Waals surface area contributed by atoms with Crippen molar-refractivity contribution in [3.8, 4) is 11.8 Å². The van der Waals surface area contributed by atoms with E-state index in [-0.39, 0.29) is 5.78 Å². The van der Waals surface area contributed by atoms with Crippen LogP contribution in [0.5, 0.6) is 5.75 Å². The van der Waals surface area contributed by atoms with Crippen LogP contribution in [0.1, 0.15) is 33.5 Å². The van der Waals surface area contributed by atoms with Crippen LogP contribution in [0.3, 0.4) is 0 Å². The van der Waals surface area contributed by atoms with E-state index in [4.69, 9.17) is 10.00 Å². The van der Waals surface area contributed by atoms with Crippen LogP contribution in [0.25, 0.3) is 0 Å². The van der Waals surface area contributed by atoms with Crippen molar-refractivity contribution in [2.75, 3.05) is 0 Å². The van der Waals surface area contributed by atoms with Crippen molar-refractivity contribution in [3.63, 3.8) is 0 Å². The maximum Gasteiger partial charge on any atom is 0.163 e. The van der Waals surface area contributed by atoms with E-state index in [1.165, 1.54) is 0 Å². The van der Waals surface area contributed by atoms with Crippen LogP contribution < -0.4 is 4.74 Å². The number of Topliss-reactive ketones (excluding diaryl/α,β-unsaturated/α-hetero) is 1. The molecule has 0 aliphatic heterocycles. The molecule has 3 nitrogen and oxygen atoms in total. The highest BCUT2D eigenvalue weighted by molar-refractivity contribution is 6.00. The van der Waals surface area contributed by atoms with Crippen LogP contribution in [0, 0.1) is 11.3 Å². The molecule has 2 aromatic carbocycles. The molecule has 0 atom stereocenters. The van der Waals surface area contributed by atoms with Gasteiger partial charge in [-0.15, -0.1) is 0 Å². The zero-order valence-electron chi connectivity index (χ0n) is 10.9. The summed E-state index contributed by atoms with van der Waals surface area (Å²) in [5, 5.41) is 9.03. The summed E-state index contributed by atoms with van der Waals surface area (Å²) in [6, 6.07) is 15.1. The van der Waals surface area contributed by atoms with Gasteiger partial charge in [-0.1, -0.05) is 24.3 Å². The second kappa shape index (κ2) is 5.18. The zero-order valence-corrected chi connectivity index (χ0v) is 10.9. The van der Waals surface area contributed by atoms with Crippen molar-refractivity contribution in [3.05, 3.63) is 64.7 Å². The molecule has 20 heavy (non-hydrogen) atoms. The Labute approximate surface area is 117 Å². The predicted molar refractivity (Wildman–Crippen MR) is 74.6 cm³/mol. The molecular weight excluding hydrogens is 250 g/mol. The molecule has 0 spiro atoms. The number of carbonyl (C=O) groups excluding carboxylic acids is 1. The van der Waals surface area contributed by atoms with Crippen molar-refractivity contribution in [2.24, 2.45) is 0 Å². The van der Waals surface area contributed by atoms with Crippen LogP contribution in [-0.2, 0) is 13.0 Å². The van der Waals surface area contributed by atoms with E-state index in [0.717, 1.165) is 23.1 Å². The number of rotatable bonds is 3. The van der Waals surface area contributed by atoms with E-state index in [1.54, 1.807) is 12.1 Å². The molecule has 0 bridgehead atoms. The maximum atomic E-state index is 11.7. The molecule has 1 aliphatic carbocycles. The third-order valence-corrected chi connectivity index (χ3v) is 3.54. The Morgan fingerprint density at radius 1 is 1.15 bits per heavy atom. The first kappa shape index (κ1) is 12.4. The van der Waals surface area contributed by atoms with Crippen LogP contribution >= 0.6 is 0 Å². The van der Waals surface area contributed by atoms with Crippen LogP contribution in [-0.4, -0.2) is 5.78 Å². The van der Waals surface area contributed by atoms with Crippen molar-refractivity contribution < 1.29 is 9.53 Å². The van der Waals surface area contributed by atoms with Crippen molar-refractivity contribution in [2.45, 2.75) is 19.4 Å². The summed E-state index contributed by atoms with van der Waals surface area (Å²) in [6.45, 7) is 0.330. The van der Waals surface area contributed by atoms with E-state index >= 15 is 0 Å². The zero-order chi connectivity index (χ0) is 13.9. The van der Waals surface area contributed by atoms with Gasteiger partial charge in [-0.2, -0.15) is 5.26 Å². The van der Waals surface area contributed by atoms with Crippen molar-refractivity contribution >= 4 is 5.78 Å². The van der Waals surface area contributed by atoms with Gasteiger partial charge in [0.2, 0.25) is 0 Å². The molecule has 3 heteroatoms. The summed E-state index contributed by atoms with van der Waals surface area (Å²) in [4.78, 5) is 11.7. The lowest BCUT2D eigenvalue weighted by Gasteiger charge is -2.08. The number of carbonyl (C=O) groups is 1. The van der Waals surface area contributed by atoms with Gasteiger partial charge in [-0.3, -0.25) is 4.79 Å². The smallest absolute Gasteiger partial charge is 0.163 e. The molecule has 98 valence electrons. The van der Waals surface area contributed by atoms with Gasteiger partial charge in [0.25, 0.3) is 0 Å². The van der Waals surface area contributed by atoms with Gasteiger partial charge >= 0.3 is 0 Å². The third-order valence-electron chi connectivity index (χ3n) is 3.54. The van der Waals surface area contributed by atoms with Gasteiger partial charge in [0, 0.05) is 17.5 Å². The summed E-state index contributed by atoms with van der Waals surface area (Å²) in [6.07, 6.45) is 1.42. The number of nitriles is 1. The summed E-state index contributed by atoms with van der Waals surface area (Å²) in [5.41, 5.74) is 3.34. The van der Waals surface area contributed by atoms with Gasteiger partial charge in [-0.05, 0) is 30.2 Å². The number of ketones is 1. The molecule has 0 fully saturated rings. The second-order valence-corrected chi connectivity index (χ2v) is 4.80. The van der Waals surface area contributed by atoms with Gasteiger partial charge in [-0.25, -0.2) is 0 Å². The average Bonchev–Trinajstić information content (AvgIpc) is 2.86. The molecule has 0 unspecified atom stereocenters. The molecular formula is C17H13NO2. The number of benzene rings is 2. The van der Waals surface area contributed by atoms with E-state index in [9.17, 15) is 4.79 Å². The van der Waals surface area contributed by atoms with E-state index in [2.05, 4.69) is 6.07 Å². The molecule has 1 aliphatic rings. The van der Waals surface area contributed by atoms with Crippen molar-refractivity contribution in [1.82, 2.24) is 0 Å². The fraction of sp³-hybridized carbons (Fsp3) is 0.176. The summed E-state index contributed by atoms with van der Waals surface area (Å²) < 4.78 is 5.70. The quantitative estimate of drug-likeness (QED) is 0.854. The summed E-state index contributed by atoms with van der Waals surface area (Å²) in [7, 11) is 0. The number of hydrogen-bond acceptors (Lipinski definition) is 3. The molecule has 0 N–H and O–H groups in total. The highest BCUT2D eigenvalue weighted by Crippen LogP contribution is 2.26. The lowest BCUT2D eigenvalue weighted by molar-refractivity contribution is 0.0994. The lowest BCUT2D eigenvalue weighted by Crippen LogP contribution is -1.99. The standard InChI is InChI=1S/C17H13NO2/c18-10-13-3-1-2-4-14(13)11-20-15-7-5-12-6-8-17(19)16(12)9-15/h1-5,7,9H,6,8,11H2. The van der Waals surface area contributed by atoms with Crippen LogP contribution in [0.4, 0.5) is 0 Å². The predicted octanol–water partition coefficient (Wildman–Crippen LogP) is 3.27. The number of ether oxygens (including phenoxy) is 1. The Kier molecular flexibility index (Phi) is 3.22. The number of hydrogen-bond donors (Lipinski definition) is 0. The maximum absolute atomic E-state index is 11.7. The van der Waals surface area contributed by atoms with Gasteiger partial charge in [0.05, 0.1) is 11.6 Å². The second-order valence-electron chi connectivity index (χ2n) is 4.80. The molecule has 2 aromatic rings. The topological polar surface area (TPSA) is 50.1 Å². The SMILES string of the molecule is N#Cc1ccccc1COc1ccc2c(c1)C(=O)CC2. The molecule has 0 radical (unpaired) electrons. The Morgan fingerprint density at radius 3 is 2.85 bits per heavy atom. The first-order valence-corrected chi connectivity index (χ1v) is 6.55. The molecule has 3 rings (SSSR count). The summed E-state index contributed by atoms with van der Waals surface area (Å²) >= 11 is 0. The Balaban J connectivity index is 1.78. The Hall–Kier alpha value is -2.60. The highest BCUT2D eigenvalue weighted by atomic mass is 16.5.